The number of nitrogens with zero attached hydrogens (tertiary/aromatic N) is 10. The topological polar surface area (TPSA) is 112 Å². The van der Waals surface area contributed by atoms with E-state index >= 15 is 0 Å². The molecule has 0 aromatic carbocycles. The highest BCUT2D eigenvalue weighted by atomic mass is 127. The lowest BCUT2D eigenvalue weighted by molar-refractivity contribution is 0.978. The maximum absolute atomic E-state index is 4.28. The molecule has 150 valence electrons. The van der Waals surface area contributed by atoms with Crippen molar-refractivity contribution in [3.8, 4) is 22.8 Å². The van der Waals surface area contributed by atoms with E-state index in [1.165, 1.54) is 0 Å². The van der Waals surface area contributed by atoms with Crippen LogP contribution in [0.2, 0.25) is 0 Å². The van der Waals surface area contributed by atoms with E-state index in [1.54, 1.807) is 31.0 Å². The summed E-state index contributed by atoms with van der Waals surface area (Å²) in [4.78, 5) is 16.8. The van der Waals surface area contributed by atoms with E-state index in [9.17, 15) is 0 Å². The Morgan fingerprint density at radius 2 is 1.32 bits per heavy atom. The highest BCUT2D eigenvalue weighted by molar-refractivity contribution is 14.1. The van der Waals surface area contributed by atoms with Crippen molar-refractivity contribution in [1.29, 1.82) is 0 Å². The SMILES string of the molecule is Ic1cnc2cc(-c3nccnn3)ccn12.c1cnc(-c2ccn3ccnc3c2)nn1. The van der Waals surface area contributed by atoms with Crippen LogP contribution in [0.3, 0.4) is 0 Å². The molecule has 0 radical (unpaired) electrons. The molecule has 0 amide bonds. The summed E-state index contributed by atoms with van der Waals surface area (Å²) in [6.45, 7) is 0. The van der Waals surface area contributed by atoms with Gasteiger partial charge in [0.25, 0.3) is 0 Å². The minimum atomic E-state index is 0.614. The van der Waals surface area contributed by atoms with Crippen LogP contribution in [-0.2, 0) is 0 Å². The average Bonchev–Trinajstić information content (AvgIpc) is 3.46. The lowest BCUT2D eigenvalue weighted by atomic mass is 10.2. The van der Waals surface area contributed by atoms with Crippen molar-refractivity contribution in [3.63, 3.8) is 0 Å². The predicted molar refractivity (Wildman–Crippen MR) is 121 cm³/mol. The van der Waals surface area contributed by atoms with Crippen molar-refractivity contribution in [3.05, 3.63) is 83.7 Å². The molecule has 11 heteroatoms. The number of halogens is 1. The molecule has 6 heterocycles. The Hall–Kier alpha value is -3.87. The van der Waals surface area contributed by atoms with Gasteiger partial charge in [0, 0.05) is 48.3 Å². The van der Waals surface area contributed by atoms with Crippen molar-refractivity contribution in [1.82, 2.24) is 49.1 Å². The highest BCUT2D eigenvalue weighted by Crippen LogP contribution is 2.17. The van der Waals surface area contributed by atoms with Crippen LogP contribution < -0.4 is 0 Å². The Morgan fingerprint density at radius 3 is 2.00 bits per heavy atom. The third-order valence-corrected chi connectivity index (χ3v) is 5.15. The molecule has 6 aromatic rings. The molecule has 31 heavy (non-hydrogen) atoms. The second-order valence-corrected chi connectivity index (χ2v) is 7.37. The minimum Gasteiger partial charge on any atom is -0.307 e. The summed E-state index contributed by atoms with van der Waals surface area (Å²) in [6.07, 6.45) is 15.7. The summed E-state index contributed by atoms with van der Waals surface area (Å²) in [5, 5.41) is 15.5. The van der Waals surface area contributed by atoms with Gasteiger partial charge in [0.2, 0.25) is 0 Å². The molecule has 0 spiro atoms. The Morgan fingerprint density at radius 1 is 0.645 bits per heavy atom. The van der Waals surface area contributed by atoms with Crippen LogP contribution in [0.1, 0.15) is 0 Å². The number of fused-ring (bicyclic) bond motifs is 2. The van der Waals surface area contributed by atoms with E-state index in [4.69, 9.17) is 0 Å². The maximum atomic E-state index is 4.28. The molecule has 0 bridgehead atoms. The first-order valence-electron chi connectivity index (χ1n) is 9.11. The first kappa shape index (κ1) is 19.1. The molecule has 0 saturated heterocycles. The Kier molecular flexibility index (Phi) is 5.22. The van der Waals surface area contributed by atoms with Crippen LogP contribution in [0.4, 0.5) is 0 Å². The summed E-state index contributed by atoms with van der Waals surface area (Å²) < 4.78 is 5.01. The molecular formula is C20H13IN10. The van der Waals surface area contributed by atoms with Gasteiger partial charge in [-0.1, -0.05) is 0 Å². The third-order valence-electron chi connectivity index (χ3n) is 4.35. The van der Waals surface area contributed by atoms with Gasteiger partial charge in [0.05, 0.1) is 18.6 Å². The third kappa shape index (κ3) is 4.07. The van der Waals surface area contributed by atoms with E-state index in [0.29, 0.717) is 11.6 Å². The fourth-order valence-electron chi connectivity index (χ4n) is 2.90. The molecule has 6 rings (SSSR count). The van der Waals surface area contributed by atoms with Gasteiger partial charge in [0.15, 0.2) is 11.6 Å². The standard InChI is InChI=1S/C10H6IN5.C10H7N5/c11-8-6-13-9-5-7(1-4-16(8)9)10-12-2-3-14-15-10;1-5-15-6-4-11-9(15)7-8(1)10-12-2-3-13-14-10/h1-6H;1-7H. The molecule has 0 aliphatic rings. The van der Waals surface area contributed by atoms with Crippen molar-refractivity contribution in [2.45, 2.75) is 0 Å². The van der Waals surface area contributed by atoms with Crippen LogP contribution in [-0.4, -0.2) is 49.1 Å². The monoisotopic (exact) mass is 520 g/mol. The van der Waals surface area contributed by atoms with E-state index < -0.39 is 0 Å². The molecule has 0 atom stereocenters. The Balaban J connectivity index is 0.000000132. The number of pyridine rings is 2. The van der Waals surface area contributed by atoms with Gasteiger partial charge in [-0.2, -0.15) is 10.2 Å². The number of aromatic nitrogens is 10. The quantitative estimate of drug-likeness (QED) is 0.321. The number of imidazole rings is 2. The van der Waals surface area contributed by atoms with Gasteiger partial charge < -0.3 is 4.40 Å². The lowest BCUT2D eigenvalue weighted by Crippen LogP contribution is -1.92. The molecule has 10 nitrogen and oxygen atoms in total. The molecule has 6 aromatic heterocycles. The van der Waals surface area contributed by atoms with E-state index in [-0.39, 0.29) is 0 Å². The van der Waals surface area contributed by atoms with Crippen LogP contribution in [0.15, 0.2) is 80.0 Å². The lowest BCUT2D eigenvalue weighted by Gasteiger charge is -1.99. The highest BCUT2D eigenvalue weighted by Gasteiger charge is 2.05. The first-order chi connectivity index (χ1) is 15.3. The van der Waals surface area contributed by atoms with Crippen LogP contribution in [0.25, 0.3) is 34.1 Å². The molecule has 0 fully saturated rings. The van der Waals surface area contributed by atoms with E-state index in [0.717, 1.165) is 26.1 Å². The van der Waals surface area contributed by atoms with Crippen molar-refractivity contribution < 1.29 is 0 Å². The minimum absolute atomic E-state index is 0.614. The van der Waals surface area contributed by atoms with Crippen LogP contribution in [0, 0.1) is 3.70 Å². The summed E-state index contributed by atoms with van der Waals surface area (Å²) in [7, 11) is 0. The zero-order valence-electron chi connectivity index (χ0n) is 15.9. The van der Waals surface area contributed by atoms with Crippen LogP contribution in [0.5, 0.6) is 0 Å². The second kappa shape index (κ2) is 8.47. The fraction of sp³-hybridized carbons (Fsp3) is 0. The van der Waals surface area contributed by atoms with Gasteiger partial charge in [-0.05, 0) is 46.9 Å². The maximum Gasteiger partial charge on any atom is 0.181 e. The van der Waals surface area contributed by atoms with Crippen molar-refractivity contribution in [2.75, 3.05) is 0 Å². The second-order valence-electron chi connectivity index (χ2n) is 6.27. The Bertz CT molecular complexity index is 1450. The van der Waals surface area contributed by atoms with Gasteiger partial charge in [-0.15, -0.1) is 10.2 Å². The largest absolute Gasteiger partial charge is 0.307 e. The van der Waals surface area contributed by atoms with Crippen molar-refractivity contribution >= 4 is 33.9 Å². The average molecular weight is 520 g/mol. The van der Waals surface area contributed by atoms with E-state index in [2.05, 4.69) is 62.9 Å². The van der Waals surface area contributed by atoms with Gasteiger partial charge >= 0.3 is 0 Å². The zero-order chi connectivity index (χ0) is 21.0. The molecule has 0 saturated carbocycles. The zero-order valence-corrected chi connectivity index (χ0v) is 18.0. The molecule has 0 aliphatic carbocycles. The normalized spacial score (nSPS) is 10.7. The number of hydrogen-bond donors (Lipinski definition) is 0. The van der Waals surface area contributed by atoms with Crippen molar-refractivity contribution in [2.24, 2.45) is 0 Å². The summed E-state index contributed by atoms with van der Waals surface area (Å²) in [6, 6.07) is 7.76. The number of rotatable bonds is 2. The molecule has 0 unspecified atom stereocenters. The molecule has 0 N–H and O–H groups in total. The molecule has 0 aliphatic heterocycles. The van der Waals surface area contributed by atoms with Crippen LogP contribution >= 0.6 is 22.6 Å². The summed E-state index contributed by atoms with van der Waals surface area (Å²) in [5.74, 6) is 1.23. The van der Waals surface area contributed by atoms with E-state index in [1.807, 2.05) is 57.9 Å². The summed E-state index contributed by atoms with van der Waals surface area (Å²) in [5.41, 5.74) is 3.60. The van der Waals surface area contributed by atoms with Gasteiger partial charge in [-0.25, -0.2) is 19.9 Å². The Labute approximate surface area is 189 Å². The van der Waals surface area contributed by atoms with Gasteiger partial charge in [0.1, 0.15) is 15.0 Å². The van der Waals surface area contributed by atoms with Gasteiger partial charge in [-0.3, -0.25) is 4.40 Å². The summed E-state index contributed by atoms with van der Waals surface area (Å²) >= 11 is 2.24. The predicted octanol–water partition coefficient (Wildman–Crippen LogP) is 2.98. The number of hydrogen-bond acceptors (Lipinski definition) is 8. The first-order valence-corrected chi connectivity index (χ1v) is 10.2. The smallest absolute Gasteiger partial charge is 0.181 e. The fourth-order valence-corrected chi connectivity index (χ4v) is 3.44. The molecular weight excluding hydrogens is 507 g/mol.